The van der Waals surface area contributed by atoms with Crippen molar-refractivity contribution < 1.29 is 14.3 Å². The van der Waals surface area contributed by atoms with Crippen molar-refractivity contribution >= 4 is 5.91 Å². The summed E-state index contributed by atoms with van der Waals surface area (Å²) in [7, 11) is 0. The Bertz CT molecular complexity index is 540. The van der Waals surface area contributed by atoms with Gasteiger partial charge in [0.25, 0.3) is 5.91 Å². The number of aliphatic hydroxyl groups is 1. The van der Waals surface area contributed by atoms with Crippen molar-refractivity contribution in [3.05, 3.63) is 23.2 Å². The van der Waals surface area contributed by atoms with E-state index in [9.17, 15) is 9.90 Å². The number of likely N-dealkylation sites (tertiary alicyclic amines) is 1. The van der Waals surface area contributed by atoms with E-state index in [4.69, 9.17) is 4.42 Å². The van der Waals surface area contributed by atoms with Crippen LogP contribution in [0.3, 0.4) is 0 Å². The summed E-state index contributed by atoms with van der Waals surface area (Å²) in [6.07, 6.45) is 2.45. The number of aliphatic hydroxyl groups excluding tert-OH is 1. The quantitative estimate of drug-likeness (QED) is 0.711. The molecule has 1 aliphatic heterocycles. The van der Waals surface area contributed by atoms with E-state index >= 15 is 0 Å². The molecular formula is C19H33N3O3. The van der Waals surface area contributed by atoms with Crippen LogP contribution in [0.25, 0.3) is 0 Å². The molecule has 6 nitrogen and oxygen atoms in total. The van der Waals surface area contributed by atoms with Gasteiger partial charge < -0.3 is 14.8 Å². The number of rotatable bonds is 9. The van der Waals surface area contributed by atoms with E-state index < -0.39 is 0 Å². The molecule has 0 radical (unpaired) electrons. The predicted molar refractivity (Wildman–Crippen MR) is 98.7 cm³/mol. The average molecular weight is 351 g/mol. The molecule has 0 saturated carbocycles. The number of hydrogen-bond donors (Lipinski definition) is 2. The normalized spacial score (nSPS) is 18.7. The van der Waals surface area contributed by atoms with E-state index in [0.29, 0.717) is 18.8 Å². The number of carbonyl (C=O) groups excluding carboxylic acids is 1. The molecule has 1 atom stereocenters. The average Bonchev–Trinajstić information content (AvgIpc) is 3.02. The van der Waals surface area contributed by atoms with Crippen molar-refractivity contribution in [2.45, 2.75) is 52.7 Å². The zero-order valence-corrected chi connectivity index (χ0v) is 15.9. The second kappa shape index (κ2) is 9.94. The second-order valence-corrected chi connectivity index (χ2v) is 6.73. The first-order valence-corrected chi connectivity index (χ1v) is 9.59. The largest absolute Gasteiger partial charge is 0.456 e. The van der Waals surface area contributed by atoms with Gasteiger partial charge in [-0.25, -0.2) is 0 Å². The Hall–Kier alpha value is -1.37. The van der Waals surface area contributed by atoms with Crippen molar-refractivity contribution in [1.29, 1.82) is 0 Å². The molecule has 0 bridgehead atoms. The molecule has 1 saturated heterocycles. The number of piperidine rings is 1. The van der Waals surface area contributed by atoms with Crippen LogP contribution in [0, 0.1) is 0 Å². The van der Waals surface area contributed by atoms with Gasteiger partial charge in [0.2, 0.25) is 0 Å². The molecular weight excluding hydrogens is 318 g/mol. The van der Waals surface area contributed by atoms with Crippen molar-refractivity contribution in [2.24, 2.45) is 0 Å². The van der Waals surface area contributed by atoms with E-state index in [1.54, 1.807) is 0 Å². The van der Waals surface area contributed by atoms with Gasteiger partial charge in [-0.3, -0.25) is 14.6 Å². The van der Waals surface area contributed by atoms with Crippen LogP contribution in [0.4, 0.5) is 0 Å². The molecule has 2 rings (SSSR count). The maximum absolute atomic E-state index is 12.4. The third-order valence-corrected chi connectivity index (χ3v) is 4.92. The van der Waals surface area contributed by atoms with Crippen molar-refractivity contribution in [2.75, 3.05) is 39.3 Å². The molecule has 1 aromatic heterocycles. The lowest BCUT2D eigenvalue weighted by atomic mass is 10.1. The van der Waals surface area contributed by atoms with E-state index in [0.717, 1.165) is 63.3 Å². The number of hydrogen-bond acceptors (Lipinski definition) is 5. The Kier molecular flexibility index (Phi) is 7.93. The molecule has 2 heterocycles. The molecule has 25 heavy (non-hydrogen) atoms. The Balaban J connectivity index is 1.87. The van der Waals surface area contributed by atoms with Gasteiger partial charge in [0.1, 0.15) is 5.76 Å². The van der Waals surface area contributed by atoms with Gasteiger partial charge in [0, 0.05) is 38.2 Å². The minimum absolute atomic E-state index is 0.155. The zero-order chi connectivity index (χ0) is 18.2. The highest BCUT2D eigenvalue weighted by Crippen LogP contribution is 2.18. The van der Waals surface area contributed by atoms with Gasteiger partial charge in [-0.15, -0.1) is 0 Å². The number of carbonyl (C=O) groups is 1. The Morgan fingerprint density at radius 3 is 2.80 bits per heavy atom. The molecule has 0 unspecified atom stereocenters. The van der Waals surface area contributed by atoms with Crippen LogP contribution >= 0.6 is 0 Å². The van der Waals surface area contributed by atoms with Gasteiger partial charge in [-0.2, -0.15) is 0 Å². The summed E-state index contributed by atoms with van der Waals surface area (Å²) >= 11 is 0. The summed E-state index contributed by atoms with van der Waals surface area (Å²) in [6.45, 7) is 12.1. The van der Waals surface area contributed by atoms with Crippen LogP contribution in [0.5, 0.6) is 0 Å². The molecule has 6 heteroatoms. The maximum atomic E-state index is 12.4. The van der Waals surface area contributed by atoms with Gasteiger partial charge in [-0.05, 0) is 38.5 Å². The number of nitrogens with one attached hydrogen (secondary N) is 1. The first-order chi connectivity index (χ1) is 12.1. The molecule has 1 amide bonds. The zero-order valence-electron chi connectivity index (χ0n) is 15.9. The van der Waals surface area contributed by atoms with Crippen molar-refractivity contribution in [1.82, 2.24) is 15.1 Å². The number of β-amino-alcohol motifs (C(OH)–C–C–N with tert-alkyl or cyclic N) is 1. The Labute approximate surface area is 151 Å². The Morgan fingerprint density at radius 2 is 2.16 bits per heavy atom. The van der Waals surface area contributed by atoms with Gasteiger partial charge >= 0.3 is 0 Å². The highest BCUT2D eigenvalue weighted by atomic mass is 16.4. The molecule has 1 aliphatic rings. The van der Waals surface area contributed by atoms with E-state index in [1.165, 1.54) is 0 Å². The predicted octanol–water partition coefficient (Wildman–Crippen LogP) is 1.87. The van der Waals surface area contributed by atoms with E-state index in [2.05, 4.69) is 29.0 Å². The number of aryl methyl sites for hydroxylation is 1. The lowest BCUT2D eigenvalue weighted by Gasteiger charge is -2.29. The molecule has 1 fully saturated rings. The molecule has 142 valence electrons. The summed E-state index contributed by atoms with van der Waals surface area (Å²) in [4.78, 5) is 16.9. The minimum atomic E-state index is -0.232. The summed E-state index contributed by atoms with van der Waals surface area (Å²) in [5, 5.41) is 12.6. The standard InChI is InChI=1S/C19H33N3O3/c1-4-17-15(13-21(5-2)6-3)12-18(25-17)19(24)20-9-11-22-10-7-8-16(23)14-22/h12,16,23H,4-11,13-14H2,1-3H3,(H,20,24)/t16-/m1/s1. The summed E-state index contributed by atoms with van der Waals surface area (Å²) in [5.41, 5.74) is 1.11. The first-order valence-electron chi connectivity index (χ1n) is 9.59. The van der Waals surface area contributed by atoms with Crippen LogP contribution in [0.2, 0.25) is 0 Å². The third-order valence-electron chi connectivity index (χ3n) is 4.92. The summed E-state index contributed by atoms with van der Waals surface area (Å²) < 4.78 is 5.78. The third kappa shape index (κ3) is 5.83. The highest BCUT2D eigenvalue weighted by molar-refractivity contribution is 5.91. The Morgan fingerprint density at radius 1 is 1.40 bits per heavy atom. The van der Waals surface area contributed by atoms with Crippen LogP contribution in [-0.2, 0) is 13.0 Å². The monoisotopic (exact) mass is 351 g/mol. The molecule has 0 aliphatic carbocycles. The van der Waals surface area contributed by atoms with Crippen molar-refractivity contribution in [3.8, 4) is 0 Å². The number of nitrogens with zero attached hydrogens (tertiary/aromatic N) is 2. The number of furan rings is 1. The van der Waals surface area contributed by atoms with Crippen LogP contribution in [-0.4, -0.2) is 66.2 Å². The fraction of sp³-hybridized carbons (Fsp3) is 0.737. The first kappa shape index (κ1) is 19.9. The van der Waals surface area contributed by atoms with E-state index in [-0.39, 0.29) is 12.0 Å². The molecule has 0 spiro atoms. The van der Waals surface area contributed by atoms with Crippen LogP contribution < -0.4 is 5.32 Å². The lowest BCUT2D eigenvalue weighted by molar-refractivity contribution is 0.0700. The summed E-state index contributed by atoms with van der Waals surface area (Å²) in [5.74, 6) is 1.15. The van der Waals surface area contributed by atoms with Gasteiger partial charge in [-0.1, -0.05) is 20.8 Å². The SMILES string of the molecule is CCc1oc(C(=O)NCCN2CCC[C@@H](O)C2)cc1CN(CC)CC. The van der Waals surface area contributed by atoms with Gasteiger partial charge in [0.15, 0.2) is 5.76 Å². The fourth-order valence-electron chi connectivity index (χ4n) is 3.35. The maximum Gasteiger partial charge on any atom is 0.287 e. The van der Waals surface area contributed by atoms with Crippen LogP contribution in [0.15, 0.2) is 10.5 Å². The molecule has 0 aromatic carbocycles. The fourth-order valence-corrected chi connectivity index (χ4v) is 3.35. The van der Waals surface area contributed by atoms with Gasteiger partial charge in [0.05, 0.1) is 6.10 Å². The van der Waals surface area contributed by atoms with Crippen molar-refractivity contribution in [3.63, 3.8) is 0 Å². The lowest BCUT2D eigenvalue weighted by Crippen LogP contribution is -2.42. The highest BCUT2D eigenvalue weighted by Gasteiger charge is 2.19. The smallest absolute Gasteiger partial charge is 0.287 e. The topological polar surface area (TPSA) is 69.0 Å². The number of amides is 1. The molecule has 2 N–H and O–H groups in total. The van der Waals surface area contributed by atoms with Crippen LogP contribution in [0.1, 0.15) is 55.5 Å². The minimum Gasteiger partial charge on any atom is -0.456 e. The molecule has 1 aromatic rings. The second-order valence-electron chi connectivity index (χ2n) is 6.73. The van der Waals surface area contributed by atoms with E-state index in [1.807, 2.05) is 13.0 Å². The summed E-state index contributed by atoms with van der Waals surface area (Å²) in [6, 6.07) is 1.89.